The topological polar surface area (TPSA) is 52.7 Å². The fraction of sp³-hybridized carbons (Fsp3) is 0.333. The van der Waals surface area contributed by atoms with E-state index in [-0.39, 0.29) is 30.7 Å². The number of rotatable bonds is 7. The van der Waals surface area contributed by atoms with Gasteiger partial charge in [-0.05, 0) is 69.3 Å². The molecule has 2 amide bonds. The molecule has 0 aliphatic heterocycles. The van der Waals surface area contributed by atoms with Crippen LogP contribution in [0.25, 0.3) is 0 Å². The van der Waals surface area contributed by atoms with Gasteiger partial charge in [-0.2, -0.15) is 0 Å². The number of hydrogen-bond donors (Lipinski definition) is 1. The number of benzene rings is 2. The minimum Gasteiger partial charge on any atom is -0.325 e. The van der Waals surface area contributed by atoms with Gasteiger partial charge in [-0.1, -0.05) is 12.1 Å². The summed E-state index contributed by atoms with van der Waals surface area (Å²) in [5.74, 6) is -0.669. The van der Waals surface area contributed by atoms with Gasteiger partial charge in [0.05, 0.1) is 13.1 Å². The van der Waals surface area contributed by atoms with Gasteiger partial charge in [-0.15, -0.1) is 0 Å². The van der Waals surface area contributed by atoms with Crippen LogP contribution >= 0.6 is 0 Å². The first-order valence-electron chi connectivity index (χ1n) is 8.92. The molecule has 0 atom stereocenters. The van der Waals surface area contributed by atoms with Gasteiger partial charge in [0.2, 0.25) is 11.8 Å². The molecule has 1 N–H and O–H groups in total. The van der Waals surface area contributed by atoms with Crippen LogP contribution in [0.15, 0.2) is 42.5 Å². The van der Waals surface area contributed by atoms with Crippen LogP contribution in [0.5, 0.6) is 0 Å². The van der Waals surface area contributed by atoms with E-state index in [1.165, 1.54) is 12.1 Å². The molecule has 0 spiro atoms. The second-order valence-electron chi connectivity index (χ2n) is 6.58. The molecular formula is C21H26FN3O2. The summed E-state index contributed by atoms with van der Waals surface area (Å²) < 4.78 is 13.1. The summed E-state index contributed by atoms with van der Waals surface area (Å²) in [6.07, 6.45) is 0. The Kier molecular flexibility index (Phi) is 7.07. The Morgan fingerprint density at radius 3 is 2.33 bits per heavy atom. The van der Waals surface area contributed by atoms with Crippen molar-refractivity contribution in [1.82, 2.24) is 4.90 Å². The molecular weight excluding hydrogens is 345 g/mol. The standard InChI is InChI=1S/C21H26FN3O2/c1-5-25(18-11-9-17(22)10-12-18)21(27)14-24(4)13-20(26)23-19-8-6-7-15(2)16(19)3/h6-12H,5,13-14H2,1-4H3,(H,23,26). The molecule has 0 saturated heterocycles. The molecule has 5 nitrogen and oxygen atoms in total. The minimum atomic E-state index is -0.345. The van der Waals surface area contributed by atoms with E-state index < -0.39 is 0 Å². The lowest BCUT2D eigenvalue weighted by Crippen LogP contribution is -2.41. The summed E-state index contributed by atoms with van der Waals surface area (Å²) in [6, 6.07) is 11.5. The van der Waals surface area contributed by atoms with Crippen LogP contribution < -0.4 is 10.2 Å². The Morgan fingerprint density at radius 1 is 1.04 bits per heavy atom. The van der Waals surface area contributed by atoms with Crippen LogP contribution in [0, 0.1) is 19.7 Å². The molecule has 0 saturated carbocycles. The van der Waals surface area contributed by atoms with Gasteiger partial charge in [0.15, 0.2) is 0 Å². The van der Waals surface area contributed by atoms with Crippen molar-refractivity contribution >= 4 is 23.2 Å². The summed E-state index contributed by atoms with van der Waals surface area (Å²) >= 11 is 0. The SMILES string of the molecule is CCN(C(=O)CN(C)CC(=O)Nc1cccc(C)c1C)c1ccc(F)cc1. The first-order valence-corrected chi connectivity index (χ1v) is 8.92. The lowest BCUT2D eigenvalue weighted by Gasteiger charge is -2.24. The Balaban J connectivity index is 1.94. The van der Waals surface area contributed by atoms with Crippen LogP contribution in [0.1, 0.15) is 18.1 Å². The number of likely N-dealkylation sites (N-methyl/N-ethyl adjacent to an activating group) is 2. The molecule has 0 aromatic heterocycles. The molecule has 2 aromatic rings. The summed E-state index contributed by atoms with van der Waals surface area (Å²) in [5, 5.41) is 2.89. The fourth-order valence-corrected chi connectivity index (χ4v) is 2.82. The number of aryl methyl sites for hydroxylation is 1. The molecule has 0 aliphatic rings. The average molecular weight is 371 g/mol. The maximum absolute atomic E-state index is 13.1. The first-order chi connectivity index (χ1) is 12.8. The third-order valence-electron chi connectivity index (χ3n) is 4.45. The molecule has 27 heavy (non-hydrogen) atoms. The lowest BCUT2D eigenvalue weighted by molar-refractivity contribution is -0.121. The van der Waals surface area contributed by atoms with Crippen molar-refractivity contribution in [2.24, 2.45) is 0 Å². The molecule has 0 fully saturated rings. The maximum atomic E-state index is 13.1. The fourth-order valence-electron chi connectivity index (χ4n) is 2.82. The predicted octanol–water partition coefficient (Wildman–Crippen LogP) is 3.37. The van der Waals surface area contributed by atoms with E-state index in [2.05, 4.69) is 5.32 Å². The number of carbonyl (C=O) groups is 2. The van der Waals surface area contributed by atoms with Gasteiger partial charge < -0.3 is 10.2 Å². The first kappa shape index (κ1) is 20.6. The smallest absolute Gasteiger partial charge is 0.241 e. The van der Waals surface area contributed by atoms with Crippen molar-refractivity contribution in [1.29, 1.82) is 0 Å². The van der Waals surface area contributed by atoms with Crippen molar-refractivity contribution < 1.29 is 14.0 Å². The number of halogens is 1. The largest absolute Gasteiger partial charge is 0.325 e. The highest BCUT2D eigenvalue weighted by Crippen LogP contribution is 2.18. The zero-order chi connectivity index (χ0) is 20.0. The van der Waals surface area contributed by atoms with Crippen molar-refractivity contribution in [3.63, 3.8) is 0 Å². The van der Waals surface area contributed by atoms with Crippen molar-refractivity contribution in [3.8, 4) is 0 Å². The Hall–Kier alpha value is -2.73. The quantitative estimate of drug-likeness (QED) is 0.812. The third kappa shape index (κ3) is 5.62. The predicted molar refractivity (Wildman–Crippen MR) is 106 cm³/mol. The van der Waals surface area contributed by atoms with Gasteiger partial charge in [-0.25, -0.2) is 4.39 Å². The maximum Gasteiger partial charge on any atom is 0.241 e. The van der Waals surface area contributed by atoms with Gasteiger partial charge in [0, 0.05) is 17.9 Å². The van der Waals surface area contributed by atoms with Gasteiger partial charge in [0.25, 0.3) is 0 Å². The zero-order valence-electron chi connectivity index (χ0n) is 16.3. The normalized spacial score (nSPS) is 10.7. The highest BCUT2D eigenvalue weighted by atomic mass is 19.1. The highest BCUT2D eigenvalue weighted by molar-refractivity contribution is 5.96. The van der Waals surface area contributed by atoms with E-state index in [1.807, 2.05) is 39.0 Å². The minimum absolute atomic E-state index is 0.0887. The van der Waals surface area contributed by atoms with Crippen LogP contribution in [-0.4, -0.2) is 43.4 Å². The molecule has 2 rings (SSSR count). The third-order valence-corrected chi connectivity index (χ3v) is 4.45. The van der Waals surface area contributed by atoms with E-state index in [1.54, 1.807) is 29.0 Å². The number of hydrogen-bond acceptors (Lipinski definition) is 3. The highest BCUT2D eigenvalue weighted by Gasteiger charge is 2.17. The summed E-state index contributed by atoms with van der Waals surface area (Å²) in [4.78, 5) is 28.1. The van der Waals surface area contributed by atoms with E-state index in [0.717, 1.165) is 16.8 Å². The molecule has 0 unspecified atom stereocenters. The molecule has 0 radical (unpaired) electrons. The second-order valence-corrected chi connectivity index (χ2v) is 6.58. The molecule has 0 aliphatic carbocycles. The van der Waals surface area contributed by atoms with Crippen LogP contribution in [0.2, 0.25) is 0 Å². The van der Waals surface area contributed by atoms with E-state index in [4.69, 9.17) is 0 Å². The monoisotopic (exact) mass is 371 g/mol. The average Bonchev–Trinajstić information content (AvgIpc) is 2.61. The molecule has 2 aromatic carbocycles. The van der Waals surface area contributed by atoms with Crippen LogP contribution in [0.3, 0.4) is 0 Å². The number of carbonyl (C=O) groups excluding carboxylic acids is 2. The Bertz CT molecular complexity index is 806. The van der Waals surface area contributed by atoms with E-state index >= 15 is 0 Å². The number of nitrogens with zero attached hydrogens (tertiary/aromatic N) is 2. The van der Waals surface area contributed by atoms with E-state index in [9.17, 15) is 14.0 Å². The summed E-state index contributed by atoms with van der Waals surface area (Å²) in [5.41, 5.74) is 3.55. The molecule has 144 valence electrons. The Morgan fingerprint density at radius 2 is 1.70 bits per heavy atom. The van der Waals surface area contributed by atoms with Gasteiger partial charge >= 0.3 is 0 Å². The molecule has 6 heteroatoms. The molecule has 0 heterocycles. The Labute approximate surface area is 159 Å². The van der Waals surface area contributed by atoms with Gasteiger partial charge in [0.1, 0.15) is 5.82 Å². The summed E-state index contributed by atoms with van der Waals surface area (Å²) in [7, 11) is 1.72. The molecule has 0 bridgehead atoms. The van der Waals surface area contributed by atoms with Crippen molar-refractivity contribution in [2.75, 3.05) is 36.9 Å². The van der Waals surface area contributed by atoms with Crippen LogP contribution in [-0.2, 0) is 9.59 Å². The van der Waals surface area contributed by atoms with Crippen molar-refractivity contribution in [3.05, 3.63) is 59.4 Å². The van der Waals surface area contributed by atoms with Crippen LogP contribution in [0.4, 0.5) is 15.8 Å². The lowest BCUT2D eigenvalue weighted by atomic mass is 10.1. The second kappa shape index (κ2) is 9.28. The van der Waals surface area contributed by atoms with Gasteiger partial charge in [-0.3, -0.25) is 14.5 Å². The zero-order valence-corrected chi connectivity index (χ0v) is 16.3. The number of nitrogens with one attached hydrogen (secondary N) is 1. The number of amides is 2. The van der Waals surface area contributed by atoms with Crippen molar-refractivity contribution in [2.45, 2.75) is 20.8 Å². The summed E-state index contributed by atoms with van der Waals surface area (Å²) in [6.45, 7) is 6.46. The van der Waals surface area contributed by atoms with E-state index in [0.29, 0.717) is 12.2 Å². The number of anilines is 2.